The van der Waals surface area contributed by atoms with E-state index in [1.807, 2.05) is 24.3 Å². The van der Waals surface area contributed by atoms with E-state index >= 15 is 0 Å². The highest BCUT2D eigenvalue weighted by Gasteiger charge is 2.07. The van der Waals surface area contributed by atoms with E-state index in [9.17, 15) is 0 Å². The summed E-state index contributed by atoms with van der Waals surface area (Å²) in [5.74, 6) is 0. The predicted octanol–water partition coefficient (Wildman–Crippen LogP) is 3.92. The van der Waals surface area contributed by atoms with Crippen molar-refractivity contribution in [3.8, 4) is 0 Å². The van der Waals surface area contributed by atoms with Gasteiger partial charge in [-0.05, 0) is 29.8 Å². The van der Waals surface area contributed by atoms with Gasteiger partial charge in [0.1, 0.15) is 0 Å². The molecule has 0 fully saturated rings. The third-order valence-corrected chi connectivity index (χ3v) is 3.17. The summed E-state index contributed by atoms with van der Waals surface area (Å²) in [5, 5.41) is 13.1. The number of nitrogens with zero attached hydrogens (tertiary/aromatic N) is 2. The van der Waals surface area contributed by atoms with E-state index < -0.39 is 0 Å². The second-order valence-corrected chi connectivity index (χ2v) is 5.05. The molecule has 0 saturated carbocycles. The fourth-order valence-electron chi connectivity index (χ4n) is 1.55. The van der Waals surface area contributed by atoms with E-state index in [0.29, 0.717) is 17.2 Å². The largest absolute Gasteiger partial charge is 0.411 e. The maximum absolute atomic E-state index is 9.09. The van der Waals surface area contributed by atoms with Gasteiger partial charge in [-0.3, -0.25) is 4.98 Å². The Balaban J connectivity index is 2.23. The summed E-state index contributed by atoms with van der Waals surface area (Å²) >= 11 is 9.20. The van der Waals surface area contributed by atoms with E-state index in [2.05, 4.69) is 26.1 Å². The third kappa shape index (κ3) is 3.31. The van der Waals surface area contributed by atoms with Crippen LogP contribution >= 0.6 is 27.5 Å². The fourth-order valence-corrected chi connectivity index (χ4v) is 2.06. The Morgan fingerprint density at radius 3 is 2.61 bits per heavy atom. The average Bonchev–Trinajstić information content (AvgIpc) is 2.37. The van der Waals surface area contributed by atoms with Crippen LogP contribution in [0.15, 0.2) is 52.2 Å². The van der Waals surface area contributed by atoms with Crippen molar-refractivity contribution in [2.75, 3.05) is 0 Å². The zero-order valence-electron chi connectivity index (χ0n) is 9.35. The van der Waals surface area contributed by atoms with E-state index in [1.54, 1.807) is 18.3 Å². The molecule has 5 heteroatoms. The van der Waals surface area contributed by atoms with Crippen molar-refractivity contribution in [1.29, 1.82) is 0 Å². The van der Waals surface area contributed by atoms with Crippen molar-refractivity contribution in [2.24, 2.45) is 5.16 Å². The summed E-state index contributed by atoms with van der Waals surface area (Å²) < 4.78 is 0.945. The Morgan fingerprint density at radius 1 is 1.28 bits per heavy atom. The van der Waals surface area contributed by atoms with Gasteiger partial charge in [0.25, 0.3) is 0 Å². The van der Waals surface area contributed by atoms with Crippen molar-refractivity contribution < 1.29 is 5.21 Å². The number of benzene rings is 1. The highest BCUT2D eigenvalue weighted by atomic mass is 79.9. The molecule has 0 saturated heterocycles. The van der Waals surface area contributed by atoms with Crippen LogP contribution < -0.4 is 0 Å². The molecule has 0 aliphatic rings. The molecule has 92 valence electrons. The van der Waals surface area contributed by atoms with Gasteiger partial charge in [0.05, 0.1) is 5.71 Å². The normalized spacial score (nSPS) is 11.6. The van der Waals surface area contributed by atoms with Crippen molar-refractivity contribution >= 4 is 33.2 Å². The number of halogens is 2. The Kier molecular flexibility index (Phi) is 4.33. The first kappa shape index (κ1) is 13.1. The maximum atomic E-state index is 9.09. The topological polar surface area (TPSA) is 45.5 Å². The molecular formula is C13H10BrClN2O. The summed E-state index contributed by atoms with van der Waals surface area (Å²) in [6.07, 6.45) is 2.16. The van der Waals surface area contributed by atoms with E-state index in [1.165, 1.54) is 0 Å². The predicted molar refractivity (Wildman–Crippen MR) is 75.4 cm³/mol. The van der Waals surface area contributed by atoms with Gasteiger partial charge in [-0.15, -0.1) is 0 Å². The third-order valence-electron chi connectivity index (χ3n) is 2.43. The smallest absolute Gasteiger partial charge is 0.0927 e. The van der Waals surface area contributed by atoms with Crippen molar-refractivity contribution in [2.45, 2.75) is 6.42 Å². The van der Waals surface area contributed by atoms with Crippen LogP contribution in [0.3, 0.4) is 0 Å². The molecule has 0 bridgehead atoms. The number of rotatable bonds is 3. The van der Waals surface area contributed by atoms with Crippen LogP contribution in [0.2, 0.25) is 5.02 Å². The highest BCUT2D eigenvalue weighted by molar-refractivity contribution is 9.10. The van der Waals surface area contributed by atoms with Gasteiger partial charge in [-0.2, -0.15) is 0 Å². The standard InChI is InChI=1S/C13H10BrClN2O/c14-10-5-6-16-12(7-10)8-13(17-18)9-1-3-11(15)4-2-9/h1-7,18H,8H2. The first-order valence-corrected chi connectivity index (χ1v) is 6.43. The zero-order valence-corrected chi connectivity index (χ0v) is 11.7. The van der Waals surface area contributed by atoms with E-state index in [4.69, 9.17) is 16.8 Å². The molecule has 2 aromatic rings. The number of hydrogen-bond donors (Lipinski definition) is 1. The minimum atomic E-state index is 0.456. The van der Waals surface area contributed by atoms with Crippen LogP contribution in [0, 0.1) is 0 Å². The van der Waals surface area contributed by atoms with Gasteiger partial charge >= 0.3 is 0 Å². The number of hydrogen-bond acceptors (Lipinski definition) is 3. The quantitative estimate of drug-likeness (QED) is 0.528. The van der Waals surface area contributed by atoms with E-state index in [-0.39, 0.29) is 0 Å². The first-order valence-electron chi connectivity index (χ1n) is 5.26. The summed E-state index contributed by atoms with van der Waals surface area (Å²) in [7, 11) is 0. The number of pyridine rings is 1. The first-order chi connectivity index (χ1) is 8.69. The second kappa shape index (κ2) is 5.98. The lowest BCUT2D eigenvalue weighted by Gasteiger charge is -2.05. The Hall–Kier alpha value is -1.39. The summed E-state index contributed by atoms with van der Waals surface area (Å²) in [6.45, 7) is 0. The molecule has 0 spiro atoms. The molecule has 1 N–H and O–H groups in total. The highest BCUT2D eigenvalue weighted by Crippen LogP contribution is 2.14. The minimum Gasteiger partial charge on any atom is -0.411 e. The zero-order chi connectivity index (χ0) is 13.0. The molecule has 0 atom stereocenters. The summed E-state index contributed by atoms with van der Waals surface area (Å²) in [6, 6.07) is 10.9. The van der Waals surface area contributed by atoms with Gasteiger partial charge in [-0.1, -0.05) is 44.8 Å². The van der Waals surface area contributed by atoms with Gasteiger partial charge in [0.15, 0.2) is 0 Å². The molecule has 1 aromatic carbocycles. The Bertz CT molecular complexity index is 569. The fraction of sp³-hybridized carbons (Fsp3) is 0.0769. The molecule has 2 rings (SSSR count). The molecule has 0 amide bonds. The Labute approximate surface area is 118 Å². The average molecular weight is 326 g/mol. The molecule has 1 heterocycles. The molecule has 1 aromatic heterocycles. The molecule has 0 aliphatic carbocycles. The van der Waals surface area contributed by atoms with Gasteiger partial charge < -0.3 is 5.21 Å². The van der Waals surface area contributed by atoms with Gasteiger partial charge in [-0.25, -0.2) is 0 Å². The summed E-state index contributed by atoms with van der Waals surface area (Å²) in [5.41, 5.74) is 2.20. The van der Waals surface area contributed by atoms with Crippen molar-refractivity contribution in [3.05, 3.63) is 63.3 Å². The number of oxime groups is 1. The van der Waals surface area contributed by atoms with Crippen LogP contribution in [0.4, 0.5) is 0 Å². The monoisotopic (exact) mass is 324 g/mol. The lowest BCUT2D eigenvalue weighted by atomic mass is 10.1. The summed E-state index contributed by atoms with van der Waals surface area (Å²) in [4.78, 5) is 4.22. The Morgan fingerprint density at radius 2 is 2.00 bits per heavy atom. The molecule has 18 heavy (non-hydrogen) atoms. The minimum absolute atomic E-state index is 0.456. The van der Waals surface area contributed by atoms with Gasteiger partial charge in [0, 0.05) is 27.8 Å². The molecule has 0 radical (unpaired) electrons. The van der Waals surface area contributed by atoms with Crippen LogP contribution in [0.25, 0.3) is 0 Å². The van der Waals surface area contributed by atoms with Crippen molar-refractivity contribution in [1.82, 2.24) is 4.98 Å². The van der Waals surface area contributed by atoms with Crippen LogP contribution in [-0.4, -0.2) is 15.9 Å². The lowest BCUT2D eigenvalue weighted by Crippen LogP contribution is -2.06. The molecule has 3 nitrogen and oxygen atoms in total. The molecular weight excluding hydrogens is 316 g/mol. The van der Waals surface area contributed by atoms with Crippen molar-refractivity contribution in [3.63, 3.8) is 0 Å². The molecule has 0 unspecified atom stereocenters. The molecule has 0 aliphatic heterocycles. The SMILES string of the molecule is ON=C(Cc1cc(Br)ccn1)c1ccc(Cl)cc1. The number of aromatic nitrogens is 1. The maximum Gasteiger partial charge on any atom is 0.0927 e. The van der Waals surface area contributed by atoms with Gasteiger partial charge in [0.2, 0.25) is 0 Å². The van der Waals surface area contributed by atoms with Crippen LogP contribution in [0.5, 0.6) is 0 Å². The van der Waals surface area contributed by atoms with Crippen LogP contribution in [-0.2, 0) is 6.42 Å². The second-order valence-electron chi connectivity index (χ2n) is 3.70. The van der Waals surface area contributed by atoms with Crippen LogP contribution in [0.1, 0.15) is 11.3 Å². The van der Waals surface area contributed by atoms with E-state index in [0.717, 1.165) is 15.7 Å². The lowest BCUT2D eigenvalue weighted by molar-refractivity contribution is 0.318.